The van der Waals surface area contributed by atoms with E-state index >= 15 is 0 Å². The minimum Gasteiger partial charge on any atom is -0.497 e. The summed E-state index contributed by atoms with van der Waals surface area (Å²) in [5, 5.41) is 4.92. The molecule has 2 aromatic heterocycles. The van der Waals surface area contributed by atoms with Crippen molar-refractivity contribution in [2.75, 3.05) is 20.3 Å². The minimum atomic E-state index is -0.751. The third-order valence-electron chi connectivity index (χ3n) is 7.49. The standard InChI is InChI=1S/C36H32N4O5S/c1-5-20-45-35(42)31-23(3)37-36-40(33(31)25-14-16-28(43-4)17-15-25)34(41)30(46-36)21-26-22-39(27-10-8-7-9-11-27)38-32(26)24-12-18-29(19-13-24)44-6-2/h5,7-19,21-22,33H,1,6,20H2,2-4H3/b30-21+. The number of hydrogen-bond acceptors (Lipinski definition) is 8. The van der Waals surface area contributed by atoms with E-state index in [1.807, 2.05) is 85.9 Å². The molecule has 10 heteroatoms. The van der Waals surface area contributed by atoms with Crippen LogP contribution in [0.25, 0.3) is 23.0 Å². The lowest BCUT2D eigenvalue weighted by Crippen LogP contribution is -2.39. The molecule has 1 unspecified atom stereocenters. The summed E-state index contributed by atoms with van der Waals surface area (Å²) in [5.74, 6) is 0.864. The number of fused-ring (bicyclic) bond motifs is 1. The average Bonchev–Trinajstić information content (AvgIpc) is 3.64. The quantitative estimate of drug-likeness (QED) is 0.155. The zero-order chi connectivity index (χ0) is 32.2. The van der Waals surface area contributed by atoms with Crippen LogP contribution in [0.2, 0.25) is 0 Å². The van der Waals surface area contributed by atoms with Crippen LogP contribution in [0.15, 0.2) is 119 Å². The predicted octanol–water partition coefficient (Wildman–Crippen LogP) is 5.22. The number of para-hydroxylation sites is 1. The molecule has 0 radical (unpaired) electrons. The first kappa shape index (κ1) is 30.5. The van der Waals surface area contributed by atoms with Crippen LogP contribution < -0.4 is 24.4 Å². The maximum Gasteiger partial charge on any atom is 0.338 e. The van der Waals surface area contributed by atoms with Crippen molar-refractivity contribution in [1.29, 1.82) is 0 Å². The molecule has 0 N–H and O–H groups in total. The second kappa shape index (κ2) is 13.3. The van der Waals surface area contributed by atoms with Gasteiger partial charge in [-0.2, -0.15) is 5.10 Å². The van der Waals surface area contributed by atoms with Gasteiger partial charge in [0.2, 0.25) is 0 Å². The van der Waals surface area contributed by atoms with Crippen molar-refractivity contribution >= 4 is 23.4 Å². The molecule has 9 nitrogen and oxygen atoms in total. The van der Waals surface area contributed by atoms with Crippen molar-refractivity contribution in [3.05, 3.63) is 140 Å². The van der Waals surface area contributed by atoms with E-state index in [0.717, 1.165) is 28.1 Å². The van der Waals surface area contributed by atoms with Crippen LogP contribution in [0.3, 0.4) is 0 Å². The summed E-state index contributed by atoms with van der Waals surface area (Å²) in [6, 6.07) is 24.0. The van der Waals surface area contributed by atoms with Gasteiger partial charge in [-0.3, -0.25) is 9.36 Å². The molecule has 46 heavy (non-hydrogen) atoms. The average molecular weight is 633 g/mol. The smallest absolute Gasteiger partial charge is 0.338 e. The Balaban J connectivity index is 1.52. The summed E-state index contributed by atoms with van der Waals surface area (Å²) in [7, 11) is 1.59. The van der Waals surface area contributed by atoms with Gasteiger partial charge in [0.1, 0.15) is 23.8 Å². The molecular weight excluding hydrogens is 600 g/mol. The van der Waals surface area contributed by atoms with Gasteiger partial charge in [0.05, 0.1) is 41.2 Å². The molecule has 0 spiro atoms. The molecule has 3 aromatic carbocycles. The van der Waals surface area contributed by atoms with Crippen molar-refractivity contribution < 1.29 is 19.0 Å². The van der Waals surface area contributed by atoms with E-state index in [4.69, 9.17) is 24.3 Å². The summed E-state index contributed by atoms with van der Waals surface area (Å²) in [6.07, 6.45) is 5.24. The number of carbonyl (C=O) groups is 1. The highest BCUT2D eigenvalue weighted by Gasteiger charge is 2.33. The number of thiazole rings is 1. The largest absolute Gasteiger partial charge is 0.497 e. The number of benzene rings is 3. The molecule has 3 heterocycles. The molecule has 0 fully saturated rings. The highest BCUT2D eigenvalue weighted by atomic mass is 32.1. The highest BCUT2D eigenvalue weighted by molar-refractivity contribution is 7.07. The molecule has 0 bridgehead atoms. The Morgan fingerprint density at radius 1 is 1.02 bits per heavy atom. The first-order valence-corrected chi connectivity index (χ1v) is 15.6. The molecule has 6 rings (SSSR count). The zero-order valence-electron chi connectivity index (χ0n) is 25.7. The summed E-state index contributed by atoms with van der Waals surface area (Å²) >= 11 is 1.26. The molecule has 1 atom stereocenters. The maximum absolute atomic E-state index is 14.3. The Kier molecular flexibility index (Phi) is 8.80. The normalized spacial score (nSPS) is 14.4. The van der Waals surface area contributed by atoms with E-state index in [0.29, 0.717) is 33.1 Å². The fourth-order valence-electron chi connectivity index (χ4n) is 5.34. The number of hydrogen-bond donors (Lipinski definition) is 0. The molecule has 1 aliphatic rings. The molecule has 0 amide bonds. The van der Waals surface area contributed by atoms with Crippen LogP contribution in [0, 0.1) is 0 Å². The van der Waals surface area contributed by atoms with Crippen LogP contribution in [-0.4, -0.2) is 40.6 Å². The fraction of sp³-hybridized carbons (Fsp3) is 0.167. The molecular formula is C36H32N4O5S. The van der Waals surface area contributed by atoms with E-state index in [2.05, 4.69) is 6.58 Å². The van der Waals surface area contributed by atoms with Crippen molar-refractivity contribution in [3.8, 4) is 28.4 Å². The molecule has 0 saturated carbocycles. The van der Waals surface area contributed by atoms with Gasteiger partial charge >= 0.3 is 5.97 Å². The number of rotatable bonds is 10. The summed E-state index contributed by atoms with van der Waals surface area (Å²) in [4.78, 5) is 32.8. The Hall–Kier alpha value is -5.48. The van der Waals surface area contributed by atoms with E-state index < -0.39 is 12.0 Å². The van der Waals surface area contributed by atoms with Gasteiger partial charge < -0.3 is 14.2 Å². The lowest BCUT2D eigenvalue weighted by molar-refractivity contribution is -0.138. The van der Waals surface area contributed by atoms with Crippen LogP contribution in [-0.2, 0) is 9.53 Å². The Bertz CT molecular complexity index is 2110. The van der Waals surface area contributed by atoms with Gasteiger partial charge in [0.15, 0.2) is 4.80 Å². The fourth-order valence-corrected chi connectivity index (χ4v) is 6.38. The van der Waals surface area contributed by atoms with Gasteiger partial charge in [-0.15, -0.1) is 0 Å². The van der Waals surface area contributed by atoms with Gasteiger partial charge in [-0.25, -0.2) is 14.5 Å². The van der Waals surface area contributed by atoms with E-state index in [1.165, 1.54) is 17.4 Å². The van der Waals surface area contributed by atoms with Crippen LogP contribution >= 0.6 is 11.3 Å². The van der Waals surface area contributed by atoms with Gasteiger partial charge in [-0.1, -0.05) is 54.3 Å². The van der Waals surface area contributed by atoms with E-state index in [1.54, 1.807) is 35.4 Å². The number of carbonyl (C=O) groups excluding carboxylic acids is 1. The van der Waals surface area contributed by atoms with Crippen LogP contribution in [0.4, 0.5) is 0 Å². The van der Waals surface area contributed by atoms with Crippen molar-refractivity contribution in [1.82, 2.24) is 14.3 Å². The van der Waals surface area contributed by atoms with E-state index in [-0.39, 0.29) is 17.7 Å². The second-order valence-electron chi connectivity index (χ2n) is 10.4. The zero-order valence-corrected chi connectivity index (χ0v) is 26.5. The Morgan fingerprint density at radius 3 is 2.41 bits per heavy atom. The number of methoxy groups -OCH3 is 1. The third kappa shape index (κ3) is 5.94. The monoisotopic (exact) mass is 632 g/mol. The van der Waals surface area contributed by atoms with Crippen molar-refractivity contribution in [2.24, 2.45) is 4.99 Å². The number of nitrogens with zero attached hydrogens (tertiary/aromatic N) is 4. The molecule has 5 aromatic rings. The van der Waals surface area contributed by atoms with Gasteiger partial charge in [0, 0.05) is 17.3 Å². The molecule has 0 aliphatic carbocycles. The van der Waals surface area contributed by atoms with Gasteiger partial charge in [-0.05, 0) is 74.0 Å². The molecule has 1 aliphatic heterocycles. The molecule has 232 valence electrons. The number of esters is 1. The first-order valence-electron chi connectivity index (χ1n) is 14.7. The lowest BCUT2D eigenvalue weighted by atomic mass is 9.96. The summed E-state index contributed by atoms with van der Waals surface area (Å²) in [5.41, 5.74) is 4.42. The lowest BCUT2D eigenvalue weighted by Gasteiger charge is -2.24. The number of allylic oxidation sites excluding steroid dienone is 1. The SMILES string of the molecule is C=CCOC(=O)C1=C(C)N=c2s/c(=C/c3cn(-c4ccccc4)nc3-c3ccc(OCC)cc3)c(=O)n2C1c1ccc(OC)cc1. The topological polar surface area (TPSA) is 96.9 Å². The second-order valence-corrected chi connectivity index (χ2v) is 11.4. The Labute approximate surface area is 269 Å². The maximum atomic E-state index is 14.3. The Morgan fingerprint density at radius 2 is 1.74 bits per heavy atom. The predicted molar refractivity (Wildman–Crippen MR) is 178 cm³/mol. The van der Waals surface area contributed by atoms with Crippen molar-refractivity contribution in [3.63, 3.8) is 0 Å². The number of ether oxygens (including phenoxy) is 3. The molecule has 0 saturated heterocycles. The van der Waals surface area contributed by atoms with Crippen molar-refractivity contribution in [2.45, 2.75) is 19.9 Å². The number of aromatic nitrogens is 3. The summed E-state index contributed by atoms with van der Waals surface area (Å²) < 4.78 is 20.2. The highest BCUT2D eigenvalue weighted by Crippen LogP contribution is 2.32. The minimum absolute atomic E-state index is 0.0368. The third-order valence-corrected chi connectivity index (χ3v) is 8.48. The van der Waals surface area contributed by atoms with Crippen LogP contribution in [0.1, 0.15) is 31.0 Å². The summed E-state index contributed by atoms with van der Waals surface area (Å²) in [6.45, 7) is 7.95. The first-order chi connectivity index (χ1) is 22.4. The van der Waals surface area contributed by atoms with Gasteiger partial charge in [0.25, 0.3) is 5.56 Å². The van der Waals surface area contributed by atoms with Crippen LogP contribution in [0.5, 0.6) is 11.5 Å². The van der Waals surface area contributed by atoms with E-state index in [9.17, 15) is 9.59 Å².